The molecule has 0 aromatic heterocycles. The van der Waals surface area contributed by atoms with Gasteiger partial charge in [0.2, 0.25) is 5.91 Å². The molecule has 0 radical (unpaired) electrons. The minimum Gasteiger partial charge on any atom is -0.381 e. The molecule has 6 heteroatoms. The molecule has 3 rings (SSSR count). The maximum absolute atomic E-state index is 12.4. The van der Waals surface area contributed by atoms with Crippen molar-refractivity contribution in [1.29, 1.82) is 0 Å². The summed E-state index contributed by atoms with van der Waals surface area (Å²) in [5.74, 6) is 0.108. The Hall–Kier alpha value is -1.30. The summed E-state index contributed by atoms with van der Waals surface area (Å²) in [5.41, 5.74) is 0. The van der Waals surface area contributed by atoms with Gasteiger partial charge in [0, 0.05) is 52.4 Å². The predicted molar refractivity (Wildman–Crippen MR) is 68.7 cm³/mol. The van der Waals surface area contributed by atoms with E-state index in [1.165, 1.54) is 0 Å². The number of hydrogen-bond donors (Lipinski definition) is 0. The van der Waals surface area contributed by atoms with Crippen LogP contribution in [-0.2, 0) is 9.53 Å². The fourth-order valence-corrected chi connectivity index (χ4v) is 3.32. The van der Waals surface area contributed by atoms with Crippen LogP contribution in [0.5, 0.6) is 0 Å². The quantitative estimate of drug-likeness (QED) is 0.679. The second-order valence-electron chi connectivity index (χ2n) is 5.59. The molecule has 0 saturated carbocycles. The van der Waals surface area contributed by atoms with Crippen LogP contribution in [0.1, 0.15) is 19.8 Å². The normalized spacial score (nSPS) is 28.8. The van der Waals surface area contributed by atoms with Gasteiger partial charge in [0.15, 0.2) is 0 Å². The largest absolute Gasteiger partial charge is 0.381 e. The van der Waals surface area contributed by atoms with Gasteiger partial charge in [0.1, 0.15) is 0 Å². The number of piperazine rings is 1. The van der Waals surface area contributed by atoms with Crippen LogP contribution in [0.2, 0.25) is 0 Å². The third-order valence-corrected chi connectivity index (χ3v) is 4.46. The van der Waals surface area contributed by atoms with Crippen molar-refractivity contribution in [2.75, 3.05) is 39.4 Å². The fraction of sp³-hybridized carbons (Fsp3) is 0.846. The molecular formula is C13H21N3O3. The summed E-state index contributed by atoms with van der Waals surface area (Å²) >= 11 is 0. The summed E-state index contributed by atoms with van der Waals surface area (Å²) in [4.78, 5) is 29.7. The minimum absolute atomic E-state index is 0.108. The minimum atomic E-state index is 0.108. The highest BCUT2D eigenvalue weighted by Crippen LogP contribution is 2.26. The van der Waals surface area contributed by atoms with E-state index in [2.05, 4.69) is 0 Å². The number of fused-ring (bicyclic) bond motifs is 1. The zero-order valence-electron chi connectivity index (χ0n) is 11.4. The highest BCUT2D eigenvalue weighted by Gasteiger charge is 2.43. The lowest BCUT2D eigenvalue weighted by atomic mass is 10.1. The van der Waals surface area contributed by atoms with Crippen molar-refractivity contribution in [3.8, 4) is 0 Å². The van der Waals surface area contributed by atoms with Crippen LogP contribution >= 0.6 is 0 Å². The van der Waals surface area contributed by atoms with E-state index in [1.807, 2.05) is 14.7 Å². The van der Waals surface area contributed by atoms with E-state index in [0.717, 1.165) is 32.6 Å². The molecule has 3 aliphatic heterocycles. The molecule has 0 spiro atoms. The van der Waals surface area contributed by atoms with E-state index in [9.17, 15) is 9.59 Å². The number of rotatable bonds is 1. The van der Waals surface area contributed by atoms with Crippen molar-refractivity contribution >= 4 is 11.9 Å². The Morgan fingerprint density at radius 3 is 2.53 bits per heavy atom. The van der Waals surface area contributed by atoms with Gasteiger partial charge in [-0.3, -0.25) is 4.79 Å². The van der Waals surface area contributed by atoms with Gasteiger partial charge in [0.25, 0.3) is 0 Å². The van der Waals surface area contributed by atoms with E-state index in [0.29, 0.717) is 25.7 Å². The molecule has 0 N–H and O–H groups in total. The molecule has 1 atom stereocenters. The average Bonchev–Trinajstić information content (AvgIpc) is 2.76. The SMILES string of the molecule is CC(=O)N1CCN2C(=O)N(C3CCOCC3)C[C@H]2C1. The summed E-state index contributed by atoms with van der Waals surface area (Å²) in [5, 5.41) is 0. The van der Waals surface area contributed by atoms with Crippen molar-refractivity contribution < 1.29 is 14.3 Å². The Balaban J connectivity index is 1.67. The van der Waals surface area contributed by atoms with Crippen molar-refractivity contribution in [2.45, 2.75) is 31.8 Å². The third-order valence-electron chi connectivity index (χ3n) is 4.46. The zero-order valence-corrected chi connectivity index (χ0v) is 11.4. The lowest BCUT2D eigenvalue weighted by Gasteiger charge is -2.35. The van der Waals surface area contributed by atoms with E-state index < -0.39 is 0 Å². The molecule has 0 unspecified atom stereocenters. The maximum atomic E-state index is 12.4. The van der Waals surface area contributed by atoms with Crippen LogP contribution in [0.25, 0.3) is 0 Å². The molecule has 0 aromatic rings. The van der Waals surface area contributed by atoms with Gasteiger partial charge in [-0.1, -0.05) is 0 Å². The van der Waals surface area contributed by atoms with Crippen LogP contribution in [-0.4, -0.2) is 78.1 Å². The van der Waals surface area contributed by atoms with Gasteiger partial charge in [-0.2, -0.15) is 0 Å². The first kappa shape index (κ1) is 12.7. The number of carbonyl (C=O) groups is 2. The van der Waals surface area contributed by atoms with Gasteiger partial charge in [-0.05, 0) is 12.8 Å². The Morgan fingerprint density at radius 2 is 1.84 bits per heavy atom. The second-order valence-corrected chi connectivity index (χ2v) is 5.59. The van der Waals surface area contributed by atoms with Crippen LogP contribution in [0, 0.1) is 0 Å². The predicted octanol–water partition coefficient (Wildman–Crippen LogP) is 0.134. The van der Waals surface area contributed by atoms with Crippen LogP contribution in [0.4, 0.5) is 4.79 Å². The first-order valence-electron chi connectivity index (χ1n) is 7.07. The molecule has 3 amide bonds. The summed E-state index contributed by atoms with van der Waals surface area (Å²) in [6.45, 7) is 5.87. The zero-order chi connectivity index (χ0) is 13.4. The number of carbonyl (C=O) groups excluding carboxylic acids is 2. The number of hydrogen-bond acceptors (Lipinski definition) is 3. The van der Waals surface area contributed by atoms with Crippen molar-refractivity contribution in [2.24, 2.45) is 0 Å². The molecule has 0 aromatic carbocycles. The number of nitrogens with zero attached hydrogens (tertiary/aromatic N) is 3. The Kier molecular flexibility index (Phi) is 3.35. The lowest BCUT2D eigenvalue weighted by molar-refractivity contribution is -0.130. The number of ether oxygens (including phenoxy) is 1. The van der Waals surface area contributed by atoms with Gasteiger partial charge in [-0.25, -0.2) is 4.79 Å². The fourth-order valence-electron chi connectivity index (χ4n) is 3.32. The Bertz CT molecular complexity index is 381. The summed E-state index contributed by atoms with van der Waals surface area (Å²) in [7, 11) is 0. The van der Waals surface area contributed by atoms with E-state index in [1.54, 1.807) is 6.92 Å². The maximum Gasteiger partial charge on any atom is 0.320 e. The highest BCUT2D eigenvalue weighted by molar-refractivity contribution is 5.79. The molecular weight excluding hydrogens is 246 g/mol. The topological polar surface area (TPSA) is 53.1 Å². The molecule has 3 aliphatic rings. The van der Waals surface area contributed by atoms with Crippen LogP contribution < -0.4 is 0 Å². The first-order valence-corrected chi connectivity index (χ1v) is 7.07. The molecule has 19 heavy (non-hydrogen) atoms. The molecule has 0 bridgehead atoms. The average molecular weight is 267 g/mol. The number of amides is 3. The van der Waals surface area contributed by atoms with Crippen molar-refractivity contribution in [1.82, 2.24) is 14.7 Å². The van der Waals surface area contributed by atoms with E-state index in [-0.39, 0.29) is 18.0 Å². The third kappa shape index (κ3) is 2.29. The molecule has 0 aliphatic carbocycles. The van der Waals surface area contributed by atoms with Gasteiger partial charge < -0.3 is 19.4 Å². The lowest BCUT2D eigenvalue weighted by Crippen LogP contribution is -2.53. The highest BCUT2D eigenvalue weighted by atomic mass is 16.5. The monoisotopic (exact) mass is 267 g/mol. The summed E-state index contributed by atoms with van der Waals surface area (Å²) < 4.78 is 5.36. The van der Waals surface area contributed by atoms with Crippen LogP contribution in [0.15, 0.2) is 0 Å². The smallest absolute Gasteiger partial charge is 0.320 e. The van der Waals surface area contributed by atoms with E-state index in [4.69, 9.17) is 4.74 Å². The molecule has 3 heterocycles. The molecule has 6 nitrogen and oxygen atoms in total. The van der Waals surface area contributed by atoms with Crippen molar-refractivity contribution in [3.05, 3.63) is 0 Å². The summed E-state index contributed by atoms with van der Waals surface area (Å²) in [6.07, 6.45) is 1.87. The van der Waals surface area contributed by atoms with Crippen LogP contribution in [0.3, 0.4) is 0 Å². The molecule has 3 saturated heterocycles. The molecule has 3 fully saturated rings. The number of urea groups is 1. The summed E-state index contributed by atoms with van der Waals surface area (Å²) in [6, 6.07) is 0.644. The Morgan fingerprint density at radius 1 is 1.11 bits per heavy atom. The van der Waals surface area contributed by atoms with Gasteiger partial charge >= 0.3 is 6.03 Å². The second kappa shape index (κ2) is 5.00. The van der Waals surface area contributed by atoms with E-state index >= 15 is 0 Å². The standard InChI is InChI=1S/C13H21N3O3/c1-10(17)14-4-5-15-12(8-14)9-16(13(15)18)11-2-6-19-7-3-11/h11-12H,2-9H2,1H3/t12-/m1/s1. The first-order chi connectivity index (χ1) is 9.16. The van der Waals surface area contributed by atoms with Gasteiger partial charge in [-0.15, -0.1) is 0 Å². The molecule has 106 valence electrons. The van der Waals surface area contributed by atoms with Crippen molar-refractivity contribution in [3.63, 3.8) is 0 Å². The van der Waals surface area contributed by atoms with Gasteiger partial charge in [0.05, 0.1) is 6.04 Å². The Labute approximate surface area is 113 Å².